The molecule has 128 valence electrons. The van der Waals surface area contributed by atoms with Crippen molar-refractivity contribution in [3.05, 3.63) is 83.9 Å². The fourth-order valence-electron chi connectivity index (χ4n) is 2.78. The molecule has 4 aromatic rings. The highest BCUT2D eigenvalue weighted by molar-refractivity contribution is 6.05. The number of aryl methyl sites for hydroxylation is 1. The zero-order chi connectivity index (χ0) is 18.1. The molecule has 0 aliphatic carbocycles. The van der Waals surface area contributed by atoms with Crippen LogP contribution in [0.3, 0.4) is 0 Å². The summed E-state index contributed by atoms with van der Waals surface area (Å²) < 4.78 is 15.0. The number of imidazole rings is 1. The zero-order valence-electron chi connectivity index (χ0n) is 14.0. The highest BCUT2D eigenvalue weighted by Crippen LogP contribution is 2.28. The van der Waals surface area contributed by atoms with Gasteiger partial charge in [-0.15, -0.1) is 0 Å². The van der Waals surface area contributed by atoms with E-state index in [1.165, 1.54) is 12.1 Å². The van der Waals surface area contributed by atoms with Crippen LogP contribution >= 0.6 is 0 Å². The van der Waals surface area contributed by atoms with Gasteiger partial charge in [-0.25, -0.2) is 14.4 Å². The number of halogens is 1. The molecule has 0 bridgehead atoms. The standard InChI is InChI=1S/C20H15FN4O/c1-13-4-2-5-15(12-13)19(26)24-18-17(14-6-8-16(21)9-7-14)23-20-22-10-3-11-25(18)20/h2-12H,1H3,(H,24,26). The zero-order valence-corrected chi connectivity index (χ0v) is 14.0. The Kier molecular flexibility index (Phi) is 3.93. The average molecular weight is 346 g/mol. The third-order valence-corrected chi connectivity index (χ3v) is 4.03. The number of carbonyl (C=O) groups is 1. The fourth-order valence-corrected chi connectivity index (χ4v) is 2.78. The molecule has 2 aromatic heterocycles. The average Bonchev–Trinajstić information content (AvgIpc) is 3.01. The third-order valence-electron chi connectivity index (χ3n) is 4.03. The van der Waals surface area contributed by atoms with E-state index >= 15 is 0 Å². The number of nitrogens with one attached hydrogen (secondary N) is 1. The van der Waals surface area contributed by atoms with Crippen molar-refractivity contribution in [3.8, 4) is 11.3 Å². The molecular formula is C20H15FN4O. The Hall–Kier alpha value is -3.54. The molecule has 1 amide bonds. The molecule has 0 atom stereocenters. The number of nitrogens with zero attached hydrogens (tertiary/aromatic N) is 3. The second kappa shape index (κ2) is 6.40. The second-order valence-corrected chi connectivity index (χ2v) is 5.93. The summed E-state index contributed by atoms with van der Waals surface area (Å²) in [7, 11) is 0. The van der Waals surface area contributed by atoms with Gasteiger partial charge in [0, 0.05) is 23.5 Å². The first kappa shape index (κ1) is 16.0. The van der Waals surface area contributed by atoms with E-state index in [-0.39, 0.29) is 11.7 Å². The van der Waals surface area contributed by atoms with Crippen LogP contribution in [0.5, 0.6) is 0 Å². The summed E-state index contributed by atoms with van der Waals surface area (Å²) in [5.74, 6) is 0.362. The van der Waals surface area contributed by atoms with Crippen molar-refractivity contribution in [1.82, 2.24) is 14.4 Å². The Morgan fingerprint density at radius 1 is 1.12 bits per heavy atom. The normalized spacial score (nSPS) is 10.8. The summed E-state index contributed by atoms with van der Waals surface area (Å²) in [5, 5.41) is 2.92. The summed E-state index contributed by atoms with van der Waals surface area (Å²) in [6.07, 6.45) is 3.40. The molecule has 2 heterocycles. The van der Waals surface area contributed by atoms with Crippen LogP contribution in [0.1, 0.15) is 15.9 Å². The van der Waals surface area contributed by atoms with E-state index in [1.54, 1.807) is 41.1 Å². The molecule has 2 aromatic carbocycles. The van der Waals surface area contributed by atoms with Crippen LogP contribution in [0.4, 0.5) is 10.2 Å². The van der Waals surface area contributed by atoms with E-state index in [0.29, 0.717) is 28.4 Å². The van der Waals surface area contributed by atoms with Crippen molar-refractivity contribution in [1.29, 1.82) is 0 Å². The predicted molar refractivity (Wildman–Crippen MR) is 97.5 cm³/mol. The van der Waals surface area contributed by atoms with Crippen molar-refractivity contribution in [3.63, 3.8) is 0 Å². The molecule has 26 heavy (non-hydrogen) atoms. The number of carbonyl (C=O) groups excluding carboxylic acids is 1. The van der Waals surface area contributed by atoms with Gasteiger partial charge in [-0.2, -0.15) is 0 Å². The van der Waals surface area contributed by atoms with Crippen molar-refractivity contribution in [2.75, 3.05) is 5.32 Å². The van der Waals surface area contributed by atoms with Crippen LogP contribution in [0.15, 0.2) is 67.0 Å². The summed E-state index contributed by atoms with van der Waals surface area (Å²) >= 11 is 0. The van der Waals surface area contributed by atoms with Gasteiger partial charge in [0.15, 0.2) is 0 Å². The molecule has 0 unspecified atom stereocenters. The summed E-state index contributed by atoms with van der Waals surface area (Å²) in [4.78, 5) is 21.4. The first-order valence-electron chi connectivity index (χ1n) is 8.09. The number of amides is 1. The van der Waals surface area contributed by atoms with Gasteiger partial charge in [-0.05, 0) is 49.4 Å². The minimum absolute atomic E-state index is 0.247. The van der Waals surface area contributed by atoms with E-state index in [0.717, 1.165) is 5.56 Å². The lowest BCUT2D eigenvalue weighted by molar-refractivity contribution is 0.102. The molecule has 0 fully saturated rings. The van der Waals surface area contributed by atoms with Gasteiger partial charge in [0.2, 0.25) is 5.78 Å². The topological polar surface area (TPSA) is 59.3 Å². The monoisotopic (exact) mass is 346 g/mol. The van der Waals surface area contributed by atoms with Gasteiger partial charge in [0.05, 0.1) is 0 Å². The van der Waals surface area contributed by atoms with E-state index in [9.17, 15) is 9.18 Å². The fraction of sp³-hybridized carbons (Fsp3) is 0.0500. The SMILES string of the molecule is Cc1cccc(C(=O)Nc2c(-c3ccc(F)cc3)nc3ncccn23)c1. The molecule has 5 nitrogen and oxygen atoms in total. The molecule has 6 heteroatoms. The molecule has 0 saturated heterocycles. The maximum absolute atomic E-state index is 13.3. The van der Waals surface area contributed by atoms with Crippen molar-refractivity contribution >= 4 is 17.5 Å². The number of fused-ring (bicyclic) bond motifs is 1. The lowest BCUT2D eigenvalue weighted by Crippen LogP contribution is -2.14. The largest absolute Gasteiger partial charge is 0.306 e. The molecule has 0 aliphatic rings. The maximum Gasteiger partial charge on any atom is 0.256 e. The molecule has 0 saturated carbocycles. The van der Waals surface area contributed by atoms with Crippen LogP contribution in [0.2, 0.25) is 0 Å². The highest BCUT2D eigenvalue weighted by atomic mass is 19.1. The molecule has 0 aliphatic heterocycles. The molecular weight excluding hydrogens is 331 g/mol. The number of aromatic nitrogens is 3. The lowest BCUT2D eigenvalue weighted by atomic mass is 10.1. The predicted octanol–water partition coefficient (Wildman–Crippen LogP) is 4.10. The Balaban J connectivity index is 1.81. The van der Waals surface area contributed by atoms with Crippen LogP contribution in [0, 0.1) is 12.7 Å². The van der Waals surface area contributed by atoms with E-state index in [4.69, 9.17) is 0 Å². The van der Waals surface area contributed by atoms with Gasteiger partial charge in [-0.1, -0.05) is 17.7 Å². The maximum atomic E-state index is 13.3. The number of benzene rings is 2. The Bertz CT molecular complexity index is 1100. The summed E-state index contributed by atoms with van der Waals surface area (Å²) in [6, 6.07) is 15.1. The molecule has 0 spiro atoms. The highest BCUT2D eigenvalue weighted by Gasteiger charge is 2.18. The minimum Gasteiger partial charge on any atom is -0.306 e. The minimum atomic E-state index is -0.332. The second-order valence-electron chi connectivity index (χ2n) is 5.93. The lowest BCUT2D eigenvalue weighted by Gasteiger charge is -2.08. The van der Waals surface area contributed by atoms with E-state index in [2.05, 4.69) is 15.3 Å². The Morgan fingerprint density at radius 2 is 1.92 bits per heavy atom. The third kappa shape index (κ3) is 2.93. The molecule has 1 N–H and O–H groups in total. The van der Waals surface area contributed by atoms with Crippen LogP contribution in [-0.4, -0.2) is 20.3 Å². The van der Waals surface area contributed by atoms with Gasteiger partial charge in [0.1, 0.15) is 17.3 Å². The van der Waals surface area contributed by atoms with Crippen molar-refractivity contribution < 1.29 is 9.18 Å². The van der Waals surface area contributed by atoms with Gasteiger partial charge >= 0.3 is 0 Å². The van der Waals surface area contributed by atoms with Gasteiger partial charge < -0.3 is 5.32 Å². The quantitative estimate of drug-likeness (QED) is 0.608. The molecule has 0 radical (unpaired) electrons. The van der Waals surface area contributed by atoms with Crippen LogP contribution in [-0.2, 0) is 0 Å². The van der Waals surface area contributed by atoms with Crippen LogP contribution < -0.4 is 5.32 Å². The number of hydrogen-bond acceptors (Lipinski definition) is 3. The Morgan fingerprint density at radius 3 is 2.69 bits per heavy atom. The van der Waals surface area contributed by atoms with E-state index < -0.39 is 0 Å². The van der Waals surface area contributed by atoms with E-state index in [1.807, 2.05) is 25.1 Å². The summed E-state index contributed by atoms with van der Waals surface area (Å²) in [6.45, 7) is 1.93. The smallest absolute Gasteiger partial charge is 0.256 e. The van der Waals surface area contributed by atoms with Crippen molar-refractivity contribution in [2.24, 2.45) is 0 Å². The van der Waals surface area contributed by atoms with Gasteiger partial charge in [-0.3, -0.25) is 9.20 Å². The summed E-state index contributed by atoms with van der Waals surface area (Å²) in [5.41, 5.74) is 2.77. The van der Waals surface area contributed by atoms with Gasteiger partial charge in [0.25, 0.3) is 5.91 Å². The first-order valence-corrected chi connectivity index (χ1v) is 8.09. The number of anilines is 1. The molecule has 4 rings (SSSR count). The number of hydrogen-bond donors (Lipinski definition) is 1. The Labute approximate surface area is 149 Å². The number of rotatable bonds is 3. The van der Waals surface area contributed by atoms with Crippen LogP contribution in [0.25, 0.3) is 17.0 Å². The first-order chi connectivity index (χ1) is 12.6. The van der Waals surface area contributed by atoms with Crippen molar-refractivity contribution in [2.45, 2.75) is 6.92 Å².